The molecule has 0 radical (unpaired) electrons. The van der Waals surface area contributed by atoms with Crippen LogP contribution in [-0.2, 0) is 0 Å². The maximum atomic E-state index is 4.40. The Morgan fingerprint density at radius 3 is 2.92 bits per heavy atom. The summed E-state index contributed by atoms with van der Waals surface area (Å²) in [7, 11) is 0. The summed E-state index contributed by atoms with van der Waals surface area (Å²) in [5, 5.41) is 1.21. The van der Waals surface area contributed by atoms with Crippen LogP contribution in [0, 0.1) is 0 Å². The summed E-state index contributed by atoms with van der Waals surface area (Å²) in [4.78, 5) is 7.62. The van der Waals surface area contributed by atoms with Gasteiger partial charge in [-0.1, -0.05) is 13.8 Å². The lowest BCUT2D eigenvalue weighted by Crippen LogP contribution is -1.93. The van der Waals surface area contributed by atoms with Gasteiger partial charge in [-0.2, -0.15) is 0 Å². The Hall–Kier alpha value is -0.830. The first kappa shape index (κ1) is 8.75. The molecule has 0 aliphatic heterocycles. The Balaban J connectivity index is 2.78. The number of pyridine rings is 1. The van der Waals surface area contributed by atoms with Crippen LogP contribution in [0.2, 0.25) is 0 Å². The molecule has 2 aromatic heterocycles. The van der Waals surface area contributed by atoms with E-state index in [0.717, 1.165) is 15.7 Å². The summed E-state index contributed by atoms with van der Waals surface area (Å²) in [6.07, 6.45) is 3.81. The van der Waals surface area contributed by atoms with Gasteiger partial charge in [0.15, 0.2) is 0 Å². The molecular weight excluding hydrogens is 228 g/mol. The van der Waals surface area contributed by atoms with Gasteiger partial charge in [0.05, 0.1) is 11.2 Å². The fourth-order valence-corrected chi connectivity index (χ4v) is 1.91. The second kappa shape index (κ2) is 3.14. The zero-order chi connectivity index (χ0) is 9.42. The summed E-state index contributed by atoms with van der Waals surface area (Å²) >= 11 is 3.48. The maximum absolute atomic E-state index is 4.40. The van der Waals surface area contributed by atoms with Crippen LogP contribution in [0.4, 0.5) is 0 Å². The largest absolute Gasteiger partial charge is 0.360 e. The number of rotatable bonds is 1. The molecule has 0 fully saturated rings. The number of nitrogens with one attached hydrogen (secondary N) is 1. The van der Waals surface area contributed by atoms with Crippen LogP contribution in [0.15, 0.2) is 22.9 Å². The molecule has 13 heavy (non-hydrogen) atoms. The SMILES string of the molecule is CC(C)c1ncc(Br)c2cc[nH]c12. The molecule has 0 saturated carbocycles. The summed E-state index contributed by atoms with van der Waals surface area (Å²) in [5.74, 6) is 0.453. The van der Waals surface area contributed by atoms with E-state index in [1.54, 1.807) is 0 Å². The molecule has 0 spiro atoms. The molecule has 0 bridgehead atoms. The van der Waals surface area contributed by atoms with Crippen molar-refractivity contribution >= 4 is 26.8 Å². The van der Waals surface area contributed by atoms with Crippen LogP contribution in [-0.4, -0.2) is 9.97 Å². The molecule has 2 heterocycles. The van der Waals surface area contributed by atoms with E-state index in [-0.39, 0.29) is 0 Å². The highest BCUT2D eigenvalue weighted by molar-refractivity contribution is 9.10. The lowest BCUT2D eigenvalue weighted by Gasteiger charge is -2.06. The molecule has 0 aliphatic carbocycles. The molecule has 2 aromatic rings. The molecule has 0 saturated heterocycles. The highest BCUT2D eigenvalue weighted by atomic mass is 79.9. The van der Waals surface area contributed by atoms with Crippen molar-refractivity contribution in [1.82, 2.24) is 9.97 Å². The first-order chi connectivity index (χ1) is 6.20. The third kappa shape index (κ3) is 1.37. The zero-order valence-electron chi connectivity index (χ0n) is 7.63. The molecule has 3 heteroatoms. The van der Waals surface area contributed by atoms with Gasteiger partial charge in [-0.25, -0.2) is 0 Å². The van der Waals surface area contributed by atoms with E-state index in [2.05, 4.69) is 45.8 Å². The minimum atomic E-state index is 0.453. The Morgan fingerprint density at radius 2 is 2.23 bits per heavy atom. The number of fused-ring (bicyclic) bond motifs is 1. The molecule has 0 unspecified atom stereocenters. The van der Waals surface area contributed by atoms with E-state index in [0.29, 0.717) is 5.92 Å². The van der Waals surface area contributed by atoms with Crippen molar-refractivity contribution in [3.63, 3.8) is 0 Å². The number of aromatic nitrogens is 2. The topological polar surface area (TPSA) is 28.7 Å². The van der Waals surface area contributed by atoms with Crippen LogP contribution < -0.4 is 0 Å². The van der Waals surface area contributed by atoms with Crippen molar-refractivity contribution in [3.8, 4) is 0 Å². The lowest BCUT2D eigenvalue weighted by atomic mass is 10.1. The zero-order valence-corrected chi connectivity index (χ0v) is 9.22. The van der Waals surface area contributed by atoms with Crippen LogP contribution in [0.3, 0.4) is 0 Å². The molecule has 0 aromatic carbocycles. The molecule has 0 amide bonds. The molecule has 0 aliphatic rings. The Kier molecular flexibility index (Phi) is 2.12. The van der Waals surface area contributed by atoms with Gasteiger partial charge in [-0.15, -0.1) is 0 Å². The third-order valence-corrected chi connectivity index (χ3v) is 2.76. The van der Waals surface area contributed by atoms with E-state index >= 15 is 0 Å². The van der Waals surface area contributed by atoms with E-state index in [4.69, 9.17) is 0 Å². The van der Waals surface area contributed by atoms with Crippen molar-refractivity contribution < 1.29 is 0 Å². The van der Waals surface area contributed by atoms with E-state index < -0.39 is 0 Å². The van der Waals surface area contributed by atoms with Crippen molar-refractivity contribution in [1.29, 1.82) is 0 Å². The van der Waals surface area contributed by atoms with Gasteiger partial charge in [-0.3, -0.25) is 4.98 Å². The summed E-state index contributed by atoms with van der Waals surface area (Å²) < 4.78 is 1.05. The smallest absolute Gasteiger partial charge is 0.0687 e. The summed E-state index contributed by atoms with van der Waals surface area (Å²) in [5.41, 5.74) is 2.27. The molecule has 0 atom stereocenters. The van der Waals surface area contributed by atoms with Crippen LogP contribution in [0.5, 0.6) is 0 Å². The standard InChI is InChI=1S/C10H11BrN2/c1-6(2)9-10-7(3-4-12-10)8(11)5-13-9/h3-6,12H,1-2H3. The number of hydrogen-bond donors (Lipinski definition) is 1. The normalized spacial score (nSPS) is 11.4. The predicted molar refractivity (Wildman–Crippen MR) is 57.9 cm³/mol. The quantitative estimate of drug-likeness (QED) is 0.811. The fourth-order valence-electron chi connectivity index (χ4n) is 1.48. The highest BCUT2D eigenvalue weighted by Gasteiger charge is 2.09. The lowest BCUT2D eigenvalue weighted by molar-refractivity contribution is 0.831. The Bertz CT molecular complexity index is 431. The first-order valence-electron chi connectivity index (χ1n) is 4.31. The first-order valence-corrected chi connectivity index (χ1v) is 5.11. The number of H-pyrrole nitrogens is 1. The van der Waals surface area contributed by atoms with Crippen LogP contribution in [0.25, 0.3) is 10.9 Å². The summed E-state index contributed by atoms with van der Waals surface area (Å²) in [6.45, 7) is 4.30. The second-order valence-electron chi connectivity index (χ2n) is 3.41. The van der Waals surface area contributed by atoms with Gasteiger partial charge in [0, 0.05) is 22.3 Å². The molecule has 2 nitrogen and oxygen atoms in total. The molecular formula is C10H11BrN2. The van der Waals surface area contributed by atoms with Gasteiger partial charge < -0.3 is 4.98 Å². The Labute approximate surface area is 85.5 Å². The van der Waals surface area contributed by atoms with Crippen LogP contribution in [0.1, 0.15) is 25.5 Å². The minimum absolute atomic E-state index is 0.453. The van der Waals surface area contributed by atoms with E-state index in [1.807, 2.05) is 12.4 Å². The van der Waals surface area contributed by atoms with E-state index in [9.17, 15) is 0 Å². The van der Waals surface area contributed by atoms with Crippen LogP contribution >= 0.6 is 15.9 Å². The molecule has 2 rings (SSSR count). The average Bonchev–Trinajstić information content (AvgIpc) is 2.53. The fraction of sp³-hybridized carbons (Fsp3) is 0.300. The number of aromatic amines is 1. The van der Waals surface area contributed by atoms with Gasteiger partial charge in [0.2, 0.25) is 0 Å². The predicted octanol–water partition coefficient (Wildman–Crippen LogP) is 3.45. The van der Waals surface area contributed by atoms with Gasteiger partial charge in [0.25, 0.3) is 0 Å². The van der Waals surface area contributed by atoms with Crippen molar-refractivity contribution in [2.45, 2.75) is 19.8 Å². The number of hydrogen-bond acceptors (Lipinski definition) is 1. The summed E-state index contributed by atoms with van der Waals surface area (Å²) in [6, 6.07) is 2.06. The van der Waals surface area contributed by atoms with Gasteiger partial charge >= 0.3 is 0 Å². The highest BCUT2D eigenvalue weighted by Crippen LogP contribution is 2.27. The average molecular weight is 239 g/mol. The number of halogens is 1. The maximum Gasteiger partial charge on any atom is 0.0687 e. The van der Waals surface area contributed by atoms with E-state index in [1.165, 1.54) is 5.39 Å². The second-order valence-corrected chi connectivity index (χ2v) is 4.27. The molecule has 68 valence electrons. The Morgan fingerprint density at radius 1 is 1.46 bits per heavy atom. The molecule has 1 N–H and O–H groups in total. The van der Waals surface area contributed by atoms with Crippen molar-refractivity contribution in [2.75, 3.05) is 0 Å². The van der Waals surface area contributed by atoms with Crippen molar-refractivity contribution in [3.05, 3.63) is 28.6 Å². The van der Waals surface area contributed by atoms with Crippen molar-refractivity contribution in [2.24, 2.45) is 0 Å². The number of nitrogens with zero attached hydrogens (tertiary/aromatic N) is 1. The minimum Gasteiger partial charge on any atom is -0.360 e. The monoisotopic (exact) mass is 238 g/mol. The van der Waals surface area contributed by atoms with Gasteiger partial charge in [-0.05, 0) is 27.9 Å². The third-order valence-electron chi connectivity index (χ3n) is 2.12. The van der Waals surface area contributed by atoms with Gasteiger partial charge in [0.1, 0.15) is 0 Å².